The van der Waals surface area contributed by atoms with Crippen molar-refractivity contribution in [3.05, 3.63) is 105 Å². The number of aliphatic carboxylic acids is 1. The van der Waals surface area contributed by atoms with E-state index in [4.69, 9.17) is 0 Å². The van der Waals surface area contributed by atoms with Gasteiger partial charge in [0.1, 0.15) is 11.9 Å². The van der Waals surface area contributed by atoms with Crippen molar-refractivity contribution in [1.29, 1.82) is 0 Å². The van der Waals surface area contributed by atoms with Crippen molar-refractivity contribution in [2.75, 3.05) is 0 Å². The van der Waals surface area contributed by atoms with Crippen LogP contribution in [0.3, 0.4) is 0 Å². The first kappa shape index (κ1) is 22.4. The average molecular weight is 454 g/mol. The number of benzene rings is 2. The Kier molecular flexibility index (Phi) is 5.84. The van der Waals surface area contributed by atoms with E-state index in [1.165, 1.54) is 34.9 Å². The fourth-order valence-electron chi connectivity index (χ4n) is 4.18. The molecule has 33 heavy (non-hydrogen) atoms. The van der Waals surface area contributed by atoms with Crippen LogP contribution in [0.1, 0.15) is 35.3 Å². The lowest BCUT2D eigenvalue weighted by Gasteiger charge is -2.14. The highest BCUT2D eigenvalue weighted by atomic mass is 19.2. The van der Waals surface area contributed by atoms with Gasteiger partial charge in [0.25, 0.3) is 5.56 Å². The van der Waals surface area contributed by atoms with Gasteiger partial charge in [0, 0.05) is 40.8 Å². The number of carboxylic acid groups (broad SMARTS) is 1. The van der Waals surface area contributed by atoms with E-state index in [0.29, 0.717) is 22.2 Å². The highest BCUT2D eigenvalue weighted by molar-refractivity contribution is 5.88. The summed E-state index contributed by atoms with van der Waals surface area (Å²) in [6, 6.07) is 10.1. The largest absolute Gasteiger partial charge is 0.480 e. The van der Waals surface area contributed by atoms with Gasteiger partial charge in [-0.05, 0) is 49.2 Å². The molecule has 0 aliphatic rings. The first-order valence-electron chi connectivity index (χ1n) is 10.3. The van der Waals surface area contributed by atoms with Crippen molar-refractivity contribution in [2.24, 2.45) is 0 Å². The molecule has 0 amide bonds. The molecule has 0 aliphatic carbocycles. The number of hydrogen-bond donors (Lipinski definition) is 1. The van der Waals surface area contributed by atoms with E-state index >= 15 is 0 Å². The lowest BCUT2D eigenvalue weighted by atomic mass is 10.0. The molecule has 0 bridgehead atoms. The van der Waals surface area contributed by atoms with Crippen LogP contribution < -0.4 is 5.56 Å². The summed E-state index contributed by atoms with van der Waals surface area (Å²) in [5, 5.41) is 10.1. The third-order valence-corrected chi connectivity index (χ3v) is 5.88. The highest BCUT2D eigenvalue weighted by Gasteiger charge is 2.22. The molecule has 0 saturated heterocycles. The third kappa shape index (κ3) is 4.16. The van der Waals surface area contributed by atoms with E-state index in [9.17, 15) is 27.9 Å². The predicted molar refractivity (Wildman–Crippen MR) is 118 cm³/mol. The maximum absolute atomic E-state index is 14.1. The molecular weight excluding hydrogens is 433 g/mol. The van der Waals surface area contributed by atoms with Crippen LogP contribution in [0, 0.1) is 24.4 Å². The summed E-state index contributed by atoms with van der Waals surface area (Å²) < 4.78 is 44.6. The first-order valence-corrected chi connectivity index (χ1v) is 10.3. The molecule has 4 rings (SSSR count). The Balaban J connectivity index is 1.78. The summed E-state index contributed by atoms with van der Waals surface area (Å²) in [4.78, 5) is 24.0. The van der Waals surface area contributed by atoms with Gasteiger partial charge in [-0.25, -0.2) is 18.0 Å². The Morgan fingerprint density at radius 2 is 1.85 bits per heavy atom. The molecule has 8 heteroatoms. The van der Waals surface area contributed by atoms with Gasteiger partial charge in [-0.3, -0.25) is 4.79 Å². The number of nitrogens with zero attached hydrogens (tertiary/aromatic N) is 2. The molecule has 2 aromatic carbocycles. The number of fused-ring (bicyclic) bond motifs is 1. The van der Waals surface area contributed by atoms with Gasteiger partial charge in [-0.15, -0.1) is 0 Å². The number of halogens is 3. The van der Waals surface area contributed by atoms with Gasteiger partial charge in [0.2, 0.25) is 0 Å². The van der Waals surface area contributed by atoms with Gasteiger partial charge in [-0.2, -0.15) is 0 Å². The van der Waals surface area contributed by atoms with Crippen molar-refractivity contribution in [3.8, 4) is 0 Å². The standard InChI is InChI=1S/C25H21F3N2O3/c1-14-19(20-11-18(26)7-8-22(20)30(14)15(2)25(32)33)10-16-6-9-23(31)29(12-16)13-17-4-3-5-21(27)24(17)28/h3-9,11-12,15H,10,13H2,1-2H3,(H,32,33)/t15-/m1/s1. The van der Waals surface area contributed by atoms with Crippen molar-refractivity contribution >= 4 is 16.9 Å². The van der Waals surface area contributed by atoms with Crippen LogP contribution in [0.5, 0.6) is 0 Å². The smallest absolute Gasteiger partial charge is 0.326 e. The molecule has 0 saturated carbocycles. The molecule has 2 heterocycles. The molecule has 1 atom stereocenters. The Morgan fingerprint density at radius 1 is 1.09 bits per heavy atom. The molecule has 170 valence electrons. The van der Waals surface area contributed by atoms with Crippen LogP contribution in [-0.4, -0.2) is 20.2 Å². The highest BCUT2D eigenvalue weighted by Crippen LogP contribution is 2.31. The van der Waals surface area contributed by atoms with Gasteiger partial charge < -0.3 is 14.2 Å². The molecule has 2 aromatic heterocycles. The maximum atomic E-state index is 14.1. The van der Waals surface area contributed by atoms with Crippen LogP contribution in [0.15, 0.2) is 59.5 Å². The van der Waals surface area contributed by atoms with Crippen LogP contribution in [0.25, 0.3) is 10.9 Å². The van der Waals surface area contributed by atoms with Gasteiger partial charge in [0.15, 0.2) is 11.6 Å². The first-order chi connectivity index (χ1) is 15.7. The Hall–Kier alpha value is -3.81. The fraction of sp³-hybridized carbons (Fsp3) is 0.200. The van der Waals surface area contributed by atoms with E-state index in [1.807, 2.05) is 0 Å². The summed E-state index contributed by atoms with van der Waals surface area (Å²) >= 11 is 0. The van der Waals surface area contributed by atoms with Crippen LogP contribution in [0.2, 0.25) is 0 Å². The summed E-state index contributed by atoms with van der Waals surface area (Å²) in [6.07, 6.45) is 1.84. The van der Waals surface area contributed by atoms with E-state index in [0.717, 1.165) is 11.6 Å². The van der Waals surface area contributed by atoms with Crippen molar-refractivity contribution < 1.29 is 23.1 Å². The fourth-order valence-corrected chi connectivity index (χ4v) is 4.18. The molecule has 1 N–H and O–H groups in total. The topological polar surface area (TPSA) is 64.2 Å². The van der Waals surface area contributed by atoms with Crippen molar-refractivity contribution in [1.82, 2.24) is 9.13 Å². The van der Waals surface area contributed by atoms with Gasteiger partial charge in [0.05, 0.1) is 6.54 Å². The number of carboxylic acids is 1. The summed E-state index contributed by atoms with van der Waals surface area (Å²) in [5.41, 5.74) is 2.32. The predicted octanol–water partition coefficient (Wildman–Crippen LogP) is 4.81. The van der Waals surface area contributed by atoms with Crippen LogP contribution in [-0.2, 0) is 17.8 Å². The third-order valence-electron chi connectivity index (χ3n) is 5.88. The minimum atomic E-state index is -1.02. The normalized spacial score (nSPS) is 12.3. The Labute approximate surface area is 187 Å². The minimum absolute atomic E-state index is 0.0411. The van der Waals surface area contributed by atoms with Crippen LogP contribution >= 0.6 is 0 Å². The van der Waals surface area contributed by atoms with Crippen molar-refractivity contribution in [2.45, 2.75) is 32.9 Å². The zero-order valence-corrected chi connectivity index (χ0v) is 18.0. The summed E-state index contributed by atoms with van der Waals surface area (Å²) in [5.74, 6) is -3.46. The summed E-state index contributed by atoms with van der Waals surface area (Å²) in [6.45, 7) is 3.17. The maximum Gasteiger partial charge on any atom is 0.326 e. The van der Waals surface area contributed by atoms with Crippen molar-refractivity contribution in [3.63, 3.8) is 0 Å². The average Bonchev–Trinajstić information content (AvgIpc) is 3.03. The molecule has 0 fully saturated rings. The van der Waals surface area contributed by atoms with E-state index in [2.05, 4.69) is 0 Å². The molecule has 5 nitrogen and oxygen atoms in total. The molecule has 0 unspecified atom stereocenters. The quantitative estimate of drug-likeness (QED) is 0.455. The summed E-state index contributed by atoms with van der Waals surface area (Å²) in [7, 11) is 0. The molecular formula is C25H21F3N2O3. The zero-order chi connectivity index (χ0) is 23.9. The minimum Gasteiger partial charge on any atom is -0.480 e. The van der Waals surface area contributed by atoms with Gasteiger partial charge >= 0.3 is 5.97 Å². The number of pyridine rings is 1. The number of aromatic nitrogens is 2. The van der Waals surface area contributed by atoms with E-state index in [1.54, 1.807) is 36.7 Å². The van der Waals surface area contributed by atoms with E-state index in [-0.39, 0.29) is 24.1 Å². The number of rotatable bonds is 6. The lowest BCUT2D eigenvalue weighted by Crippen LogP contribution is -2.20. The Bertz CT molecular complexity index is 1440. The second kappa shape index (κ2) is 8.61. The Morgan fingerprint density at radius 3 is 2.58 bits per heavy atom. The zero-order valence-electron chi connectivity index (χ0n) is 18.0. The van der Waals surface area contributed by atoms with Gasteiger partial charge in [-0.1, -0.05) is 18.2 Å². The lowest BCUT2D eigenvalue weighted by molar-refractivity contribution is -0.140. The second-order valence-electron chi connectivity index (χ2n) is 8.00. The number of hydrogen-bond acceptors (Lipinski definition) is 2. The molecule has 4 aromatic rings. The van der Waals surface area contributed by atoms with E-state index < -0.39 is 29.5 Å². The molecule has 0 spiro atoms. The van der Waals surface area contributed by atoms with Crippen LogP contribution in [0.4, 0.5) is 13.2 Å². The SMILES string of the molecule is Cc1c(Cc2ccc(=O)n(Cc3cccc(F)c3F)c2)c2cc(F)ccc2n1[C@H](C)C(=O)O. The number of carbonyl (C=O) groups is 1. The monoisotopic (exact) mass is 454 g/mol. The molecule has 0 aliphatic heterocycles. The second-order valence-corrected chi connectivity index (χ2v) is 8.00. The molecule has 0 radical (unpaired) electrons.